The Bertz CT molecular complexity index is 838. The van der Waals surface area contributed by atoms with E-state index in [4.69, 9.17) is 0 Å². The van der Waals surface area contributed by atoms with Crippen molar-refractivity contribution in [1.82, 2.24) is 20.2 Å². The second-order valence-corrected chi connectivity index (χ2v) is 4.79. The van der Waals surface area contributed by atoms with Crippen LogP contribution in [0.4, 0.5) is 0 Å². The van der Waals surface area contributed by atoms with Gasteiger partial charge in [0.15, 0.2) is 0 Å². The van der Waals surface area contributed by atoms with Crippen molar-refractivity contribution in [2.24, 2.45) is 0 Å². The maximum absolute atomic E-state index is 11.9. The zero-order valence-electron chi connectivity index (χ0n) is 12.5. The van der Waals surface area contributed by atoms with E-state index in [1.807, 2.05) is 0 Å². The number of benzene rings is 1. The third kappa shape index (κ3) is 4.40. The summed E-state index contributed by atoms with van der Waals surface area (Å²) in [5.41, 5.74) is 0.0938. The van der Waals surface area contributed by atoms with Gasteiger partial charge in [0, 0.05) is 31.4 Å². The molecule has 0 radical (unpaired) electrons. The molecular formula is C15H16N4O4. The lowest BCUT2D eigenvalue weighted by Gasteiger charge is -2.08. The Labute approximate surface area is 131 Å². The first-order valence-electron chi connectivity index (χ1n) is 6.87. The number of H-pyrrole nitrogens is 1. The molecule has 1 aromatic carbocycles. The molecule has 2 amide bonds. The minimum Gasteiger partial charge on any atom is -0.355 e. The average molecular weight is 316 g/mol. The third-order valence-corrected chi connectivity index (χ3v) is 3.12. The molecule has 0 aliphatic heterocycles. The molecule has 2 aromatic rings. The quantitative estimate of drug-likeness (QED) is 0.671. The molecule has 1 heterocycles. The van der Waals surface area contributed by atoms with Gasteiger partial charge in [0.05, 0.1) is 0 Å². The second kappa shape index (κ2) is 7.21. The highest BCUT2D eigenvalue weighted by Crippen LogP contribution is 2.05. The van der Waals surface area contributed by atoms with Gasteiger partial charge in [0.25, 0.3) is 11.5 Å². The topological polar surface area (TPSA) is 113 Å². The molecule has 1 aromatic heterocycles. The molecule has 0 saturated heterocycles. The van der Waals surface area contributed by atoms with Gasteiger partial charge >= 0.3 is 5.69 Å². The van der Waals surface area contributed by atoms with Gasteiger partial charge in [-0.3, -0.25) is 23.9 Å². The van der Waals surface area contributed by atoms with Crippen molar-refractivity contribution in [3.8, 4) is 0 Å². The predicted octanol–water partition coefficient (Wildman–Crippen LogP) is -0.787. The molecule has 8 heteroatoms. The van der Waals surface area contributed by atoms with Crippen molar-refractivity contribution in [2.45, 2.75) is 13.1 Å². The highest BCUT2D eigenvalue weighted by atomic mass is 16.2. The summed E-state index contributed by atoms with van der Waals surface area (Å²) >= 11 is 0. The van der Waals surface area contributed by atoms with E-state index in [2.05, 4.69) is 15.6 Å². The number of nitrogens with one attached hydrogen (secondary N) is 3. The lowest BCUT2D eigenvalue weighted by molar-refractivity contribution is -0.121. The number of aromatic amines is 1. The third-order valence-electron chi connectivity index (χ3n) is 3.12. The van der Waals surface area contributed by atoms with Crippen LogP contribution in [0.2, 0.25) is 0 Å². The summed E-state index contributed by atoms with van der Waals surface area (Å²) in [7, 11) is 1.54. The predicted molar refractivity (Wildman–Crippen MR) is 83.0 cm³/mol. The second-order valence-electron chi connectivity index (χ2n) is 4.79. The number of hydrogen-bond acceptors (Lipinski definition) is 4. The van der Waals surface area contributed by atoms with Gasteiger partial charge in [0.2, 0.25) is 5.91 Å². The number of carbonyl (C=O) groups excluding carboxylic acids is 2. The summed E-state index contributed by atoms with van der Waals surface area (Å²) in [6, 6.07) is 8.01. The van der Waals surface area contributed by atoms with Crippen LogP contribution < -0.4 is 21.9 Å². The molecule has 0 bridgehead atoms. The standard InChI is InChI=1S/C15H16N4O4/c1-16-14(22)11-4-2-3-10(7-11)8-17-13(21)9-19-6-5-12(20)18-15(19)23/h2-7H,8-9H2,1H3,(H,16,22)(H,17,21)(H,18,20,23). The summed E-state index contributed by atoms with van der Waals surface area (Å²) in [5, 5.41) is 5.17. The zero-order valence-corrected chi connectivity index (χ0v) is 12.5. The van der Waals surface area contributed by atoms with Crippen molar-refractivity contribution in [3.63, 3.8) is 0 Å². The maximum atomic E-state index is 11.9. The molecule has 0 fully saturated rings. The summed E-state index contributed by atoms with van der Waals surface area (Å²) in [5.74, 6) is -0.595. The fourth-order valence-electron chi connectivity index (χ4n) is 1.95. The first-order chi connectivity index (χ1) is 11.0. The van der Waals surface area contributed by atoms with Gasteiger partial charge in [-0.2, -0.15) is 0 Å². The van der Waals surface area contributed by atoms with Gasteiger partial charge in [-0.15, -0.1) is 0 Å². The normalized spacial score (nSPS) is 10.1. The maximum Gasteiger partial charge on any atom is 0.328 e. The highest BCUT2D eigenvalue weighted by Gasteiger charge is 2.07. The van der Waals surface area contributed by atoms with Gasteiger partial charge in [-0.05, 0) is 17.7 Å². The molecule has 8 nitrogen and oxygen atoms in total. The average Bonchev–Trinajstić information content (AvgIpc) is 2.55. The minimum absolute atomic E-state index is 0.204. The molecule has 0 spiro atoms. The fraction of sp³-hybridized carbons (Fsp3) is 0.200. The van der Waals surface area contributed by atoms with E-state index in [0.29, 0.717) is 5.56 Å². The Morgan fingerprint density at radius 1 is 1.22 bits per heavy atom. The molecular weight excluding hydrogens is 300 g/mol. The van der Waals surface area contributed by atoms with E-state index in [-0.39, 0.29) is 24.9 Å². The van der Waals surface area contributed by atoms with E-state index in [0.717, 1.165) is 10.1 Å². The van der Waals surface area contributed by atoms with Crippen LogP contribution in [0, 0.1) is 0 Å². The number of aromatic nitrogens is 2. The molecule has 0 aliphatic carbocycles. The smallest absolute Gasteiger partial charge is 0.328 e. The summed E-state index contributed by atoms with van der Waals surface area (Å²) in [4.78, 5) is 47.9. The Morgan fingerprint density at radius 3 is 2.70 bits per heavy atom. The van der Waals surface area contributed by atoms with Crippen LogP contribution in [-0.4, -0.2) is 28.4 Å². The van der Waals surface area contributed by atoms with Crippen LogP contribution in [-0.2, 0) is 17.9 Å². The molecule has 0 aliphatic rings. The van der Waals surface area contributed by atoms with Crippen LogP contribution >= 0.6 is 0 Å². The Balaban J connectivity index is 1.98. The summed E-state index contributed by atoms with van der Waals surface area (Å²) < 4.78 is 1.09. The fourth-order valence-corrected chi connectivity index (χ4v) is 1.95. The van der Waals surface area contributed by atoms with E-state index in [1.165, 1.54) is 12.3 Å². The Hall–Kier alpha value is -3.16. The lowest BCUT2D eigenvalue weighted by atomic mass is 10.1. The largest absolute Gasteiger partial charge is 0.355 e. The molecule has 2 rings (SSSR count). The number of nitrogens with zero attached hydrogens (tertiary/aromatic N) is 1. The monoisotopic (exact) mass is 316 g/mol. The van der Waals surface area contributed by atoms with E-state index in [9.17, 15) is 19.2 Å². The molecule has 0 atom stereocenters. The van der Waals surface area contributed by atoms with E-state index >= 15 is 0 Å². The number of hydrogen-bond donors (Lipinski definition) is 3. The molecule has 0 saturated carbocycles. The van der Waals surface area contributed by atoms with Crippen LogP contribution in [0.3, 0.4) is 0 Å². The lowest BCUT2D eigenvalue weighted by Crippen LogP contribution is -2.35. The van der Waals surface area contributed by atoms with E-state index < -0.39 is 11.2 Å². The first-order valence-corrected chi connectivity index (χ1v) is 6.87. The van der Waals surface area contributed by atoms with Gasteiger partial charge in [0.1, 0.15) is 6.54 Å². The molecule has 0 unspecified atom stereocenters. The molecule has 23 heavy (non-hydrogen) atoms. The van der Waals surface area contributed by atoms with Crippen LogP contribution in [0.1, 0.15) is 15.9 Å². The van der Waals surface area contributed by atoms with Gasteiger partial charge in [-0.1, -0.05) is 12.1 Å². The number of amides is 2. The van der Waals surface area contributed by atoms with Crippen LogP contribution in [0.25, 0.3) is 0 Å². The van der Waals surface area contributed by atoms with Crippen molar-refractivity contribution < 1.29 is 9.59 Å². The van der Waals surface area contributed by atoms with Crippen molar-refractivity contribution >= 4 is 11.8 Å². The van der Waals surface area contributed by atoms with Crippen LogP contribution in [0.5, 0.6) is 0 Å². The van der Waals surface area contributed by atoms with Crippen molar-refractivity contribution in [2.75, 3.05) is 7.05 Å². The summed E-state index contributed by atoms with van der Waals surface area (Å²) in [6.07, 6.45) is 1.26. The first kappa shape index (κ1) is 16.2. The van der Waals surface area contributed by atoms with Gasteiger partial charge < -0.3 is 10.6 Å². The Kier molecular flexibility index (Phi) is 5.08. The zero-order chi connectivity index (χ0) is 16.8. The van der Waals surface area contributed by atoms with Gasteiger partial charge in [-0.25, -0.2) is 4.79 Å². The number of carbonyl (C=O) groups is 2. The van der Waals surface area contributed by atoms with Crippen molar-refractivity contribution in [3.05, 3.63) is 68.5 Å². The molecule has 120 valence electrons. The molecule has 3 N–H and O–H groups in total. The number of rotatable bonds is 5. The minimum atomic E-state index is -0.644. The van der Waals surface area contributed by atoms with Crippen LogP contribution in [0.15, 0.2) is 46.1 Å². The SMILES string of the molecule is CNC(=O)c1cccc(CNC(=O)Cn2ccc(=O)[nH]c2=O)c1. The summed E-state index contributed by atoms with van der Waals surface area (Å²) in [6.45, 7) is 0.0204. The van der Waals surface area contributed by atoms with Crippen molar-refractivity contribution in [1.29, 1.82) is 0 Å². The Morgan fingerprint density at radius 2 is 2.00 bits per heavy atom. The van der Waals surface area contributed by atoms with E-state index in [1.54, 1.807) is 31.3 Å². The highest BCUT2D eigenvalue weighted by molar-refractivity contribution is 5.94.